The maximum atomic E-state index is 6.02. The predicted octanol–water partition coefficient (Wildman–Crippen LogP) is 5.22. The second kappa shape index (κ2) is 7.91. The molecule has 0 radical (unpaired) electrons. The first-order valence-electron chi connectivity index (χ1n) is 9.02. The molecule has 0 amide bonds. The Morgan fingerprint density at radius 1 is 1.11 bits per heavy atom. The van der Waals surface area contributed by atoms with Crippen LogP contribution in [0.15, 0.2) is 71.7 Å². The van der Waals surface area contributed by atoms with E-state index >= 15 is 0 Å². The van der Waals surface area contributed by atoms with E-state index in [4.69, 9.17) is 9.15 Å². The Balaban J connectivity index is 1.43. The quantitative estimate of drug-likeness (QED) is 0.454. The molecule has 0 saturated heterocycles. The van der Waals surface area contributed by atoms with Crippen LogP contribution in [0, 0.1) is 0 Å². The van der Waals surface area contributed by atoms with Crippen molar-refractivity contribution in [2.24, 2.45) is 0 Å². The number of fused-ring (bicyclic) bond motifs is 1. The molecular formula is C22H21N3O2. The molecule has 4 aromatic rings. The van der Waals surface area contributed by atoms with E-state index in [1.165, 1.54) is 0 Å². The number of para-hydroxylation sites is 3. The van der Waals surface area contributed by atoms with Gasteiger partial charge in [0, 0.05) is 36.5 Å². The van der Waals surface area contributed by atoms with Crippen LogP contribution in [-0.2, 0) is 0 Å². The summed E-state index contributed by atoms with van der Waals surface area (Å²) in [5.74, 6) is 1.43. The van der Waals surface area contributed by atoms with Crippen molar-refractivity contribution in [3.8, 4) is 5.75 Å². The highest BCUT2D eigenvalue weighted by molar-refractivity contribution is 5.76. The first kappa shape index (κ1) is 17.1. The van der Waals surface area contributed by atoms with E-state index in [1.807, 2.05) is 73.2 Å². The molecule has 0 N–H and O–H groups in total. The highest BCUT2D eigenvalue weighted by atomic mass is 16.5. The molecule has 2 aromatic carbocycles. The Bertz CT molecular complexity index is 1000. The molecule has 0 bridgehead atoms. The van der Waals surface area contributed by atoms with Crippen molar-refractivity contribution in [3.05, 3.63) is 78.7 Å². The summed E-state index contributed by atoms with van der Waals surface area (Å²) in [5.41, 5.74) is 2.64. The van der Waals surface area contributed by atoms with Gasteiger partial charge in [-0.25, -0.2) is 9.97 Å². The summed E-state index contributed by atoms with van der Waals surface area (Å²) in [7, 11) is 0. The summed E-state index contributed by atoms with van der Waals surface area (Å²) >= 11 is 0. The van der Waals surface area contributed by atoms with Gasteiger partial charge in [0.2, 0.25) is 5.89 Å². The lowest BCUT2D eigenvalue weighted by atomic mass is 10.2. The van der Waals surface area contributed by atoms with Crippen molar-refractivity contribution < 1.29 is 9.15 Å². The molecule has 0 saturated carbocycles. The van der Waals surface area contributed by atoms with Crippen molar-refractivity contribution in [2.45, 2.75) is 19.4 Å². The van der Waals surface area contributed by atoms with Gasteiger partial charge in [-0.05, 0) is 31.2 Å². The van der Waals surface area contributed by atoms with E-state index in [2.05, 4.69) is 21.5 Å². The third-order valence-electron chi connectivity index (χ3n) is 4.46. The van der Waals surface area contributed by atoms with E-state index in [0.717, 1.165) is 28.8 Å². The molecule has 1 unspecified atom stereocenters. The van der Waals surface area contributed by atoms with Gasteiger partial charge in [-0.3, -0.25) is 0 Å². The Morgan fingerprint density at radius 3 is 2.81 bits per heavy atom. The van der Waals surface area contributed by atoms with Crippen LogP contribution in [0.1, 0.15) is 30.8 Å². The highest BCUT2D eigenvalue weighted by Gasteiger charge is 2.06. The fourth-order valence-corrected chi connectivity index (χ4v) is 2.89. The van der Waals surface area contributed by atoms with Gasteiger partial charge in [-0.2, -0.15) is 0 Å². The first-order valence-corrected chi connectivity index (χ1v) is 9.02. The van der Waals surface area contributed by atoms with Gasteiger partial charge >= 0.3 is 0 Å². The number of hydrogen-bond donors (Lipinski definition) is 0. The van der Waals surface area contributed by atoms with Crippen LogP contribution in [0.5, 0.6) is 5.75 Å². The summed E-state index contributed by atoms with van der Waals surface area (Å²) in [6, 6.07) is 16.1. The van der Waals surface area contributed by atoms with Gasteiger partial charge in [0.25, 0.3) is 0 Å². The zero-order chi connectivity index (χ0) is 18.5. The van der Waals surface area contributed by atoms with Crippen molar-refractivity contribution in [1.29, 1.82) is 0 Å². The van der Waals surface area contributed by atoms with Crippen LogP contribution in [0.25, 0.3) is 23.3 Å². The fourth-order valence-electron chi connectivity index (χ4n) is 2.89. The van der Waals surface area contributed by atoms with E-state index < -0.39 is 0 Å². The minimum Gasteiger partial charge on any atom is -0.493 e. The van der Waals surface area contributed by atoms with Gasteiger partial charge in [-0.15, -0.1) is 0 Å². The third kappa shape index (κ3) is 4.08. The summed E-state index contributed by atoms with van der Waals surface area (Å²) in [6.45, 7) is 2.79. The summed E-state index contributed by atoms with van der Waals surface area (Å²) < 4.78 is 13.8. The van der Waals surface area contributed by atoms with Crippen LogP contribution < -0.4 is 4.74 Å². The van der Waals surface area contributed by atoms with Crippen molar-refractivity contribution in [1.82, 2.24) is 14.5 Å². The number of ether oxygens (including phenoxy) is 1. The smallest absolute Gasteiger partial charge is 0.220 e. The van der Waals surface area contributed by atoms with Crippen LogP contribution in [0.3, 0.4) is 0 Å². The molecule has 2 heterocycles. The number of aromatic nitrogens is 3. The molecule has 0 aliphatic carbocycles. The predicted molar refractivity (Wildman–Crippen MR) is 106 cm³/mol. The molecule has 0 fully saturated rings. The van der Waals surface area contributed by atoms with Crippen LogP contribution in [0.2, 0.25) is 0 Å². The Kier molecular flexibility index (Phi) is 5.01. The molecule has 1 atom stereocenters. The lowest BCUT2D eigenvalue weighted by Crippen LogP contribution is -2.08. The van der Waals surface area contributed by atoms with Crippen LogP contribution in [0.4, 0.5) is 0 Å². The lowest BCUT2D eigenvalue weighted by Gasteiger charge is -2.14. The maximum Gasteiger partial charge on any atom is 0.220 e. The number of rotatable bonds is 7. The number of oxazole rings is 1. The minimum absolute atomic E-state index is 0.343. The van der Waals surface area contributed by atoms with Crippen molar-refractivity contribution in [3.63, 3.8) is 0 Å². The molecule has 136 valence electrons. The summed E-state index contributed by atoms with van der Waals surface area (Å²) in [4.78, 5) is 8.56. The zero-order valence-electron chi connectivity index (χ0n) is 15.2. The van der Waals surface area contributed by atoms with Gasteiger partial charge < -0.3 is 13.7 Å². The van der Waals surface area contributed by atoms with E-state index in [9.17, 15) is 0 Å². The van der Waals surface area contributed by atoms with Gasteiger partial charge in [0.1, 0.15) is 11.3 Å². The maximum absolute atomic E-state index is 6.02. The SMILES string of the molecule is CC(CCOc1ccccc1C=Cc1nc2ccccc2o1)n1ccnc1. The Hall–Kier alpha value is -3.34. The minimum atomic E-state index is 0.343. The van der Waals surface area contributed by atoms with Gasteiger partial charge in [0.15, 0.2) is 5.58 Å². The number of imidazole rings is 1. The highest BCUT2D eigenvalue weighted by Crippen LogP contribution is 2.23. The molecule has 0 aliphatic rings. The zero-order valence-corrected chi connectivity index (χ0v) is 15.2. The third-order valence-corrected chi connectivity index (χ3v) is 4.46. The van der Waals surface area contributed by atoms with Crippen LogP contribution in [-0.4, -0.2) is 21.1 Å². The Morgan fingerprint density at radius 2 is 1.96 bits per heavy atom. The van der Waals surface area contributed by atoms with Gasteiger partial charge in [-0.1, -0.05) is 30.3 Å². The topological polar surface area (TPSA) is 53.1 Å². The molecule has 0 aliphatic heterocycles. The number of nitrogens with zero attached hydrogens (tertiary/aromatic N) is 3. The summed E-state index contributed by atoms with van der Waals surface area (Å²) in [5, 5.41) is 0. The number of benzene rings is 2. The van der Waals surface area contributed by atoms with Crippen molar-refractivity contribution in [2.75, 3.05) is 6.61 Å². The molecule has 27 heavy (non-hydrogen) atoms. The molecular weight excluding hydrogens is 338 g/mol. The normalized spacial score (nSPS) is 12.6. The molecule has 4 rings (SSSR count). The molecule has 0 spiro atoms. The first-order chi connectivity index (χ1) is 13.3. The van der Waals surface area contributed by atoms with E-state index in [0.29, 0.717) is 18.5 Å². The summed E-state index contributed by atoms with van der Waals surface area (Å²) in [6.07, 6.45) is 10.3. The average Bonchev–Trinajstić information content (AvgIpc) is 3.36. The Labute approximate surface area is 157 Å². The molecule has 5 heteroatoms. The number of hydrogen-bond acceptors (Lipinski definition) is 4. The van der Waals surface area contributed by atoms with Crippen LogP contribution >= 0.6 is 0 Å². The monoisotopic (exact) mass is 359 g/mol. The van der Waals surface area contributed by atoms with Gasteiger partial charge in [0.05, 0.1) is 12.9 Å². The van der Waals surface area contributed by atoms with Crippen molar-refractivity contribution >= 4 is 23.3 Å². The lowest BCUT2D eigenvalue weighted by molar-refractivity contribution is 0.283. The fraction of sp³-hybridized carbons (Fsp3) is 0.182. The second-order valence-electron chi connectivity index (χ2n) is 6.39. The molecule has 5 nitrogen and oxygen atoms in total. The standard InChI is InChI=1S/C22H21N3O2/c1-17(25-14-13-23-16-25)12-15-26-20-8-4-2-6-18(20)10-11-22-24-19-7-3-5-9-21(19)27-22/h2-11,13-14,16-17H,12,15H2,1H3. The largest absolute Gasteiger partial charge is 0.493 e. The van der Waals surface area contributed by atoms with E-state index in [1.54, 1.807) is 6.20 Å². The average molecular weight is 359 g/mol. The second-order valence-corrected chi connectivity index (χ2v) is 6.39. The molecule has 2 aromatic heterocycles. The van der Waals surface area contributed by atoms with E-state index in [-0.39, 0.29) is 0 Å².